The number of unbranched alkanes of at least 4 members (excludes halogenated alkanes) is 4. The topological polar surface area (TPSA) is 48.9 Å². The second kappa shape index (κ2) is 17.5. The highest BCUT2D eigenvalue weighted by Gasteiger charge is 2.27. The first-order valence-electron chi connectivity index (χ1n) is 10.7. The van der Waals surface area contributed by atoms with Gasteiger partial charge in [0.1, 0.15) is 6.61 Å². The van der Waals surface area contributed by atoms with E-state index in [9.17, 15) is 13.2 Å². The van der Waals surface area contributed by atoms with Crippen molar-refractivity contribution in [3.05, 3.63) is 35.4 Å². The minimum absolute atomic E-state index is 0. The van der Waals surface area contributed by atoms with Crippen LogP contribution in [0, 0.1) is 0 Å². The molecule has 180 valence electrons. The Hall–Kier alpha value is -1.07. The van der Waals surface area contributed by atoms with E-state index in [2.05, 4.69) is 39.4 Å². The molecule has 0 aliphatic carbocycles. The van der Waals surface area contributed by atoms with Crippen molar-refractivity contribution in [3.8, 4) is 0 Å². The summed E-state index contributed by atoms with van der Waals surface area (Å²) in [5.41, 5.74) is 1.70. The number of ether oxygens (including phenoxy) is 1. The molecule has 2 N–H and O–H groups in total. The van der Waals surface area contributed by atoms with Gasteiger partial charge in [0.05, 0.1) is 13.2 Å². The molecule has 0 fully saturated rings. The van der Waals surface area contributed by atoms with E-state index in [0.29, 0.717) is 12.1 Å². The molecule has 0 radical (unpaired) electrons. The van der Waals surface area contributed by atoms with Crippen LogP contribution in [0.2, 0.25) is 0 Å². The Bertz CT molecular complexity index is 595. The summed E-state index contributed by atoms with van der Waals surface area (Å²) in [4.78, 5) is 6.80. The van der Waals surface area contributed by atoms with Crippen LogP contribution >= 0.6 is 24.0 Å². The molecule has 0 unspecified atom stereocenters. The van der Waals surface area contributed by atoms with Gasteiger partial charge in [0.25, 0.3) is 0 Å². The lowest BCUT2D eigenvalue weighted by atomic mass is 10.1. The van der Waals surface area contributed by atoms with Gasteiger partial charge < -0.3 is 20.3 Å². The summed E-state index contributed by atoms with van der Waals surface area (Å²) in [6.45, 7) is 4.06. The number of alkyl halides is 3. The monoisotopic (exact) mass is 558 g/mol. The molecule has 0 aliphatic rings. The van der Waals surface area contributed by atoms with Crippen molar-refractivity contribution in [1.29, 1.82) is 0 Å². The number of halogens is 4. The molecule has 1 aromatic rings. The van der Waals surface area contributed by atoms with E-state index in [1.807, 2.05) is 19.1 Å². The van der Waals surface area contributed by atoms with Gasteiger partial charge in [0.2, 0.25) is 0 Å². The fourth-order valence-electron chi connectivity index (χ4n) is 2.83. The second-order valence-electron chi connectivity index (χ2n) is 7.62. The average Bonchev–Trinajstić information content (AvgIpc) is 2.68. The van der Waals surface area contributed by atoms with Crippen molar-refractivity contribution in [2.45, 2.75) is 58.4 Å². The molecular weight excluding hydrogens is 520 g/mol. The van der Waals surface area contributed by atoms with E-state index in [-0.39, 0.29) is 30.6 Å². The lowest BCUT2D eigenvalue weighted by Crippen LogP contribution is -2.37. The largest absolute Gasteiger partial charge is 0.411 e. The van der Waals surface area contributed by atoms with Gasteiger partial charge in [-0.1, -0.05) is 43.5 Å². The van der Waals surface area contributed by atoms with Crippen molar-refractivity contribution in [1.82, 2.24) is 15.5 Å². The van der Waals surface area contributed by atoms with Crippen molar-refractivity contribution in [3.63, 3.8) is 0 Å². The molecule has 1 rings (SSSR count). The minimum atomic E-state index is -4.30. The van der Waals surface area contributed by atoms with Gasteiger partial charge in [-0.3, -0.25) is 0 Å². The van der Waals surface area contributed by atoms with Crippen LogP contribution in [-0.2, 0) is 17.9 Å². The molecule has 0 aliphatic heterocycles. The molecule has 31 heavy (non-hydrogen) atoms. The molecule has 1 aromatic carbocycles. The Labute approximate surface area is 202 Å². The molecule has 0 spiro atoms. The van der Waals surface area contributed by atoms with Crippen molar-refractivity contribution in [2.24, 2.45) is 4.99 Å². The predicted octanol–water partition coefficient (Wildman–Crippen LogP) is 4.95. The average molecular weight is 558 g/mol. The van der Waals surface area contributed by atoms with E-state index < -0.39 is 12.8 Å². The highest BCUT2D eigenvalue weighted by Crippen LogP contribution is 2.16. The van der Waals surface area contributed by atoms with Crippen molar-refractivity contribution < 1.29 is 17.9 Å². The quantitative estimate of drug-likeness (QED) is 0.147. The van der Waals surface area contributed by atoms with E-state index in [0.717, 1.165) is 37.6 Å². The van der Waals surface area contributed by atoms with Gasteiger partial charge in [0, 0.05) is 13.1 Å². The highest BCUT2D eigenvalue weighted by atomic mass is 127. The van der Waals surface area contributed by atoms with Crippen LogP contribution in [-0.4, -0.2) is 57.4 Å². The third kappa shape index (κ3) is 17.2. The zero-order valence-corrected chi connectivity index (χ0v) is 21.3. The first-order valence-corrected chi connectivity index (χ1v) is 10.7. The maximum Gasteiger partial charge on any atom is 0.411 e. The molecule has 0 saturated carbocycles. The molecule has 9 heteroatoms. The van der Waals surface area contributed by atoms with Crippen LogP contribution in [0.25, 0.3) is 0 Å². The van der Waals surface area contributed by atoms with Gasteiger partial charge in [-0.25, -0.2) is 4.99 Å². The number of nitrogens with zero attached hydrogens (tertiary/aromatic N) is 2. The first-order chi connectivity index (χ1) is 14.3. The fourth-order valence-corrected chi connectivity index (χ4v) is 2.83. The van der Waals surface area contributed by atoms with Gasteiger partial charge in [0.15, 0.2) is 5.96 Å². The molecule has 0 amide bonds. The summed E-state index contributed by atoms with van der Waals surface area (Å²) < 4.78 is 41.0. The zero-order valence-electron chi connectivity index (χ0n) is 18.9. The summed E-state index contributed by atoms with van der Waals surface area (Å²) in [6.07, 6.45) is 1.79. The van der Waals surface area contributed by atoms with E-state index in [4.69, 9.17) is 0 Å². The van der Waals surface area contributed by atoms with E-state index >= 15 is 0 Å². The third-order valence-electron chi connectivity index (χ3n) is 4.40. The Morgan fingerprint density at radius 1 is 0.968 bits per heavy atom. The maximum atomic E-state index is 12.1. The van der Waals surface area contributed by atoms with Gasteiger partial charge in [-0.15, -0.1) is 24.0 Å². The van der Waals surface area contributed by atoms with Crippen LogP contribution < -0.4 is 10.6 Å². The molecule has 0 aromatic heterocycles. The van der Waals surface area contributed by atoms with Crippen molar-refractivity contribution in [2.75, 3.05) is 40.3 Å². The Morgan fingerprint density at radius 3 is 2.19 bits per heavy atom. The molecule has 0 heterocycles. The first kappa shape index (κ1) is 29.9. The Balaban J connectivity index is 0.00000900. The Morgan fingerprint density at radius 2 is 1.58 bits per heavy atom. The zero-order chi connectivity index (χ0) is 22.2. The highest BCUT2D eigenvalue weighted by molar-refractivity contribution is 14.0. The van der Waals surface area contributed by atoms with Gasteiger partial charge >= 0.3 is 6.18 Å². The molecule has 0 saturated heterocycles. The molecular formula is C22H38F3IN4O. The number of hydrogen-bond acceptors (Lipinski definition) is 3. The molecule has 0 bridgehead atoms. The van der Waals surface area contributed by atoms with Crippen molar-refractivity contribution >= 4 is 29.9 Å². The number of aliphatic imine (C=N–C) groups is 1. The summed E-state index contributed by atoms with van der Waals surface area (Å²) >= 11 is 0. The molecule has 0 atom stereocenters. The standard InChI is InChI=1S/C22H37F3N4O.HI/c1-4-26-21(27-14-8-6-5-7-9-15-29(2)3)28-16-19-10-12-20(13-11-19)17-30-18-22(23,24)25;/h10-13H,4-9,14-18H2,1-3H3,(H2,26,27,28);1H. The second-order valence-corrected chi connectivity index (χ2v) is 7.62. The summed E-state index contributed by atoms with van der Waals surface area (Å²) in [5.74, 6) is 0.780. The summed E-state index contributed by atoms with van der Waals surface area (Å²) in [7, 11) is 4.21. The van der Waals surface area contributed by atoms with Gasteiger partial charge in [-0.2, -0.15) is 13.2 Å². The van der Waals surface area contributed by atoms with E-state index in [1.165, 1.54) is 25.7 Å². The third-order valence-corrected chi connectivity index (χ3v) is 4.40. The summed E-state index contributed by atoms with van der Waals surface area (Å²) in [5, 5.41) is 6.59. The number of rotatable bonds is 14. The van der Waals surface area contributed by atoms with Gasteiger partial charge in [-0.05, 0) is 51.5 Å². The minimum Gasteiger partial charge on any atom is -0.367 e. The maximum absolute atomic E-state index is 12.1. The number of guanidine groups is 1. The van der Waals surface area contributed by atoms with Crippen LogP contribution in [0.4, 0.5) is 13.2 Å². The van der Waals surface area contributed by atoms with E-state index in [1.54, 1.807) is 12.1 Å². The number of benzene rings is 1. The predicted molar refractivity (Wildman–Crippen MR) is 132 cm³/mol. The number of nitrogens with one attached hydrogen (secondary N) is 2. The van der Waals surface area contributed by atoms with Crippen LogP contribution in [0.3, 0.4) is 0 Å². The molecule has 5 nitrogen and oxygen atoms in total. The van der Waals surface area contributed by atoms with Crippen LogP contribution in [0.5, 0.6) is 0 Å². The fraction of sp³-hybridized carbons (Fsp3) is 0.682. The van der Waals surface area contributed by atoms with Crippen LogP contribution in [0.15, 0.2) is 29.3 Å². The SMILES string of the molecule is CCNC(=NCc1ccc(COCC(F)(F)F)cc1)NCCCCCCCN(C)C.I. The van der Waals surface area contributed by atoms with Crippen LogP contribution in [0.1, 0.15) is 50.2 Å². The normalized spacial score (nSPS) is 12.0. The smallest absolute Gasteiger partial charge is 0.367 e. The number of hydrogen-bond donors (Lipinski definition) is 2. The Kier molecular flexibility index (Phi) is 16.9. The summed E-state index contributed by atoms with van der Waals surface area (Å²) in [6, 6.07) is 7.29. The lowest BCUT2D eigenvalue weighted by molar-refractivity contribution is -0.176. The lowest BCUT2D eigenvalue weighted by Gasteiger charge is -2.12.